The van der Waals surface area contributed by atoms with Gasteiger partial charge < -0.3 is 14.0 Å². The molecule has 1 atom stereocenters. The summed E-state index contributed by atoms with van der Waals surface area (Å²) in [6.07, 6.45) is -0.405. The van der Waals surface area contributed by atoms with Crippen LogP contribution in [0.3, 0.4) is 0 Å². The monoisotopic (exact) mass is 405 g/mol. The standard InChI is InChI=1S/C19H20FN3O6/c1-19(2,3)29-18(26)23(16-6-7-27-21-16)10-14-9-22(17(25)28-14)13-5-4-12(11-24)15(20)8-13/h4-8,11,14H,9-10H2,1-3H3/t14-/m1/s1. The number of benzene rings is 1. The van der Waals surface area contributed by atoms with E-state index in [1.807, 2.05) is 0 Å². The first kappa shape index (κ1) is 20.3. The molecule has 1 aromatic carbocycles. The van der Waals surface area contributed by atoms with Crippen LogP contribution in [-0.4, -0.2) is 48.4 Å². The van der Waals surface area contributed by atoms with E-state index >= 15 is 0 Å². The van der Waals surface area contributed by atoms with Gasteiger partial charge in [0.1, 0.15) is 23.8 Å². The van der Waals surface area contributed by atoms with Gasteiger partial charge in [0.15, 0.2) is 12.1 Å². The van der Waals surface area contributed by atoms with Crippen LogP contribution in [0.5, 0.6) is 0 Å². The molecule has 1 aliphatic heterocycles. The quantitative estimate of drug-likeness (QED) is 0.703. The van der Waals surface area contributed by atoms with Gasteiger partial charge in [0.05, 0.1) is 24.3 Å². The molecule has 154 valence electrons. The third-order valence-electron chi connectivity index (χ3n) is 4.00. The lowest BCUT2D eigenvalue weighted by Crippen LogP contribution is -2.42. The van der Waals surface area contributed by atoms with Crippen LogP contribution in [-0.2, 0) is 9.47 Å². The third-order valence-corrected chi connectivity index (χ3v) is 4.00. The molecule has 1 aromatic heterocycles. The summed E-state index contributed by atoms with van der Waals surface area (Å²) in [6.45, 7) is 5.19. The number of ether oxygens (including phenoxy) is 2. The molecule has 10 heteroatoms. The molecule has 2 aromatic rings. The third kappa shape index (κ3) is 4.71. The molecule has 0 N–H and O–H groups in total. The van der Waals surface area contributed by atoms with Crippen LogP contribution in [0, 0.1) is 5.82 Å². The van der Waals surface area contributed by atoms with Gasteiger partial charge in [-0.1, -0.05) is 5.16 Å². The largest absolute Gasteiger partial charge is 0.443 e. The second-order valence-electron chi connectivity index (χ2n) is 7.39. The second-order valence-corrected chi connectivity index (χ2v) is 7.39. The minimum atomic E-state index is -0.744. The van der Waals surface area contributed by atoms with E-state index in [9.17, 15) is 18.8 Å². The number of nitrogens with zero attached hydrogens (tertiary/aromatic N) is 3. The van der Waals surface area contributed by atoms with Crippen molar-refractivity contribution in [3.63, 3.8) is 0 Å². The highest BCUT2D eigenvalue weighted by Gasteiger charge is 2.36. The minimum absolute atomic E-state index is 0.0431. The molecule has 2 heterocycles. The van der Waals surface area contributed by atoms with E-state index in [1.54, 1.807) is 20.8 Å². The SMILES string of the molecule is CC(C)(C)OC(=O)N(C[C@H]1CN(c2ccc(C=O)c(F)c2)C(=O)O1)c1ccon1. The zero-order valence-corrected chi connectivity index (χ0v) is 16.1. The van der Waals surface area contributed by atoms with Gasteiger partial charge in [-0.05, 0) is 39.0 Å². The van der Waals surface area contributed by atoms with Crippen molar-refractivity contribution < 1.29 is 32.8 Å². The highest BCUT2D eigenvalue weighted by Crippen LogP contribution is 2.25. The van der Waals surface area contributed by atoms with Crippen molar-refractivity contribution in [2.24, 2.45) is 0 Å². The number of hydrogen-bond acceptors (Lipinski definition) is 7. The van der Waals surface area contributed by atoms with Crippen LogP contribution in [0.2, 0.25) is 0 Å². The lowest BCUT2D eigenvalue weighted by atomic mass is 10.2. The summed E-state index contributed by atoms with van der Waals surface area (Å²) < 4.78 is 29.4. The van der Waals surface area contributed by atoms with Crippen molar-refractivity contribution in [2.75, 3.05) is 22.9 Å². The fourth-order valence-corrected chi connectivity index (χ4v) is 2.73. The van der Waals surface area contributed by atoms with E-state index in [0.29, 0.717) is 6.29 Å². The number of aldehydes is 1. The molecular weight excluding hydrogens is 385 g/mol. The van der Waals surface area contributed by atoms with Gasteiger partial charge in [-0.3, -0.25) is 14.6 Å². The number of hydrogen-bond donors (Lipinski definition) is 0. The average Bonchev–Trinajstić information content (AvgIpc) is 3.27. The molecule has 0 bridgehead atoms. The lowest BCUT2D eigenvalue weighted by molar-refractivity contribution is 0.0556. The number of amides is 2. The Labute approximate surface area is 165 Å². The fraction of sp³-hybridized carbons (Fsp3) is 0.368. The molecule has 0 unspecified atom stereocenters. The van der Waals surface area contributed by atoms with Crippen molar-refractivity contribution in [2.45, 2.75) is 32.5 Å². The summed E-state index contributed by atoms with van der Waals surface area (Å²) >= 11 is 0. The first-order valence-electron chi connectivity index (χ1n) is 8.81. The van der Waals surface area contributed by atoms with E-state index in [1.165, 1.54) is 34.3 Å². The summed E-state index contributed by atoms with van der Waals surface area (Å²) in [5.41, 5.74) is -0.610. The Morgan fingerprint density at radius 1 is 1.41 bits per heavy atom. The number of halogens is 1. The zero-order chi connectivity index (χ0) is 21.2. The second kappa shape index (κ2) is 7.90. The predicted octanol–water partition coefficient (Wildman–Crippen LogP) is 3.39. The summed E-state index contributed by atoms with van der Waals surface area (Å²) in [7, 11) is 0. The van der Waals surface area contributed by atoms with Crippen LogP contribution < -0.4 is 9.80 Å². The smallest absolute Gasteiger partial charge is 0.416 e. The molecule has 9 nitrogen and oxygen atoms in total. The summed E-state index contributed by atoms with van der Waals surface area (Å²) in [4.78, 5) is 38.0. The van der Waals surface area contributed by atoms with Crippen LogP contribution in [0.4, 0.5) is 25.5 Å². The molecule has 1 saturated heterocycles. The maximum atomic E-state index is 13.9. The Balaban J connectivity index is 1.76. The molecule has 0 spiro atoms. The Bertz CT molecular complexity index is 909. The molecule has 29 heavy (non-hydrogen) atoms. The van der Waals surface area contributed by atoms with Gasteiger partial charge in [-0.25, -0.2) is 14.0 Å². The van der Waals surface area contributed by atoms with Crippen LogP contribution in [0.1, 0.15) is 31.1 Å². The van der Waals surface area contributed by atoms with Gasteiger partial charge in [-0.15, -0.1) is 0 Å². The average molecular weight is 405 g/mol. The molecule has 3 rings (SSSR count). The Morgan fingerprint density at radius 2 is 2.17 bits per heavy atom. The molecule has 0 saturated carbocycles. The minimum Gasteiger partial charge on any atom is -0.443 e. The Kier molecular flexibility index (Phi) is 5.53. The Morgan fingerprint density at radius 3 is 2.76 bits per heavy atom. The van der Waals surface area contributed by atoms with Crippen LogP contribution in [0.15, 0.2) is 35.1 Å². The van der Waals surface area contributed by atoms with E-state index in [-0.39, 0.29) is 30.2 Å². The highest BCUT2D eigenvalue weighted by molar-refractivity contribution is 5.91. The van der Waals surface area contributed by atoms with E-state index in [4.69, 9.17) is 14.0 Å². The maximum absolute atomic E-state index is 13.9. The number of carbonyl (C=O) groups is 3. The predicted molar refractivity (Wildman–Crippen MR) is 99.5 cm³/mol. The topological polar surface area (TPSA) is 102 Å². The molecule has 1 aliphatic rings. The van der Waals surface area contributed by atoms with Crippen molar-refractivity contribution in [1.29, 1.82) is 0 Å². The van der Waals surface area contributed by atoms with Crippen molar-refractivity contribution in [1.82, 2.24) is 5.16 Å². The normalized spacial score (nSPS) is 16.5. The number of cyclic esters (lactones) is 1. The number of aromatic nitrogens is 1. The summed E-state index contributed by atoms with van der Waals surface area (Å²) in [6, 6.07) is 5.28. The summed E-state index contributed by atoms with van der Waals surface area (Å²) in [5, 5.41) is 3.75. The lowest BCUT2D eigenvalue weighted by Gasteiger charge is -2.26. The van der Waals surface area contributed by atoms with Crippen LogP contribution in [0.25, 0.3) is 0 Å². The first-order valence-corrected chi connectivity index (χ1v) is 8.81. The number of carbonyl (C=O) groups excluding carboxylic acids is 3. The van der Waals surface area contributed by atoms with E-state index < -0.39 is 29.7 Å². The van der Waals surface area contributed by atoms with Crippen molar-refractivity contribution in [3.8, 4) is 0 Å². The van der Waals surface area contributed by atoms with Gasteiger partial charge in [0, 0.05) is 6.07 Å². The highest BCUT2D eigenvalue weighted by atomic mass is 19.1. The van der Waals surface area contributed by atoms with Gasteiger partial charge >= 0.3 is 12.2 Å². The first-order chi connectivity index (χ1) is 13.7. The van der Waals surface area contributed by atoms with Gasteiger partial charge in [-0.2, -0.15) is 0 Å². The zero-order valence-electron chi connectivity index (χ0n) is 16.1. The van der Waals surface area contributed by atoms with Crippen molar-refractivity contribution >= 4 is 30.0 Å². The Hall–Kier alpha value is -3.43. The maximum Gasteiger partial charge on any atom is 0.416 e. The van der Waals surface area contributed by atoms with E-state index in [2.05, 4.69) is 5.16 Å². The molecule has 1 fully saturated rings. The molecular formula is C19H20FN3O6. The van der Waals surface area contributed by atoms with Crippen LogP contribution >= 0.6 is 0 Å². The number of anilines is 2. The van der Waals surface area contributed by atoms with E-state index in [0.717, 1.165) is 6.07 Å². The van der Waals surface area contributed by atoms with Gasteiger partial charge in [0.2, 0.25) is 0 Å². The summed E-state index contributed by atoms with van der Waals surface area (Å²) in [5.74, 6) is -0.540. The number of rotatable bonds is 5. The molecule has 0 radical (unpaired) electrons. The molecule has 2 amide bonds. The van der Waals surface area contributed by atoms with Crippen molar-refractivity contribution in [3.05, 3.63) is 41.9 Å². The molecule has 0 aliphatic carbocycles. The fourth-order valence-electron chi connectivity index (χ4n) is 2.73. The van der Waals surface area contributed by atoms with Gasteiger partial charge in [0.25, 0.3) is 0 Å².